The summed E-state index contributed by atoms with van der Waals surface area (Å²) in [6.07, 6.45) is 1.49. The number of nitrogens with one attached hydrogen (secondary N) is 1. The Balaban J connectivity index is 1.37. The SMILES string of the molecule is CCOC(=O)c1ccc(-c2ccc(/C=C3\C(=N)N4N=C(c5ccc(C)cc5)SC4=NC3=O)o2)cc1. The molecule has 3 heterocycles. The minimum atomic E-state index is -0.522. The number of amides is 1. The standard InChI is InChI=1S/C26H20N4O4S/c1-3-33-25(32)18-10-8-16(9-11-18)21-13-12-19(34-21)14-20-22(27)30-26(28-23(20)31)35-24(29-30)17-6-4-15(2)5-7-17/h4-14,27H,3H2,1-2H3/b20-14+,27-22?. The molecule has 0 unspecified atom stereocenters. The summed E-state index contributed by atoms with van der Waals surface area (Å²) in [5.41, 5.74) is 3.33. The largest absolute Gasteiger partial charge is 0.462 e. The van der Waals surface area contributed by atoms with E-state index in [-0.39, 0.29) is 17.4 Å². The molecule has 0 bridgehead atoms. The molecular weight excluding hydrogens is 464 g/mol. The molecule has 8 nitrogen and oxygen atoms in total. The van der Waals surface area contributed by atoms with Crippen molar-refractivity contribution in [2.24, 2.45) is 10.1 Å². The Morgan fingerprint density at radius 1 is 1.09 bits per heavy atom. The minimum Gasteiger partial charge on any atom is -0.462 e. The summed E-state index contributed by atoms with van der Waals surface area (Å²) in [4.78, 5) is 28.7. The van der Waals surface area contributed by atoms with Crippen LogP contribution in [0.5, 0.6) is 0 Å². The third-order valence-electron chi connectivity index (χ3n) is 5.35. The first-order valence-electron chi connectivity index (χ1n) is 10.9. The van der Waals surface area contributed by atoms with Gasteiger partial charge in [0, 0.05) is 11.1 Å². The third-order valence-corrected chi connectivity index (χ3v) is 6.30. The van der Waals surface area contributed by atoms with Gasteiger partial charge in [0.1, 0.15) is 16.6 Å². The predicted molar refractivity (Wildman–Crippen MR) is 135 cm³/mol. The van der Waals surface area contributed by atoms with Gasteiger partial charge in [-0.1, -0.05) is 42.0 Å². The number of aliphatic imine (C=N–C) groups is 1. The average Bonchev–Trinajstić information content (AvgIpc) is 3.50. The van der Waals surface area contributed by atoms with Crippen LogP contribution in [0, 0.1) is 12.3 Å². The van der Waals surface area contributed by atoms with Gasteiger partial charge in [0.05, 0.1) is 17.7 Å². The number of amidine groups is 2. The molecule has 174 valence electrons. The van der Waals surface area contributed by atoms with Gasteiger partial charge >= 0.3 is 5.97 Å². The van der Waals surface area contributed by atoms with Crippen LogP contribution in [-0.2, 0) is 9.53 Å². The Kier molecular flexibility index (Phi) is 5.92. The quantitative estimate of drug-likeness (QED) is 0.399. The highest BCUT2D eigenvalue weighted by Gasteiger charge is 2.36. The topological polar surface area (TPSA) is 108 Å². The fraction of sp³-hybridized carbons (Fsp3) is 0.115. The summed E-state index contributed by atoms with van der Waals surface area (Å²) in [5.74, 6) is -0.0120. The van der Waals surface area contributed by atoms with Crippen LogP contribution in [0.2, 0.25) is 0 Å². The number of fused-ring (bicyclic) bond motifs is 1. The summed E-state index contributed by atoms with van der Waals surface area (Å²) >= 11 is 1.26. The molecule has 1 amide bonds. The predicted octanol–water partition coefficient (Wildman–Crippen LogP) is 5.10. The molecule has 5 rings (SSSR count). The zero-order valence-corrected chi connectivity index (χ0v) is 19.8. The zero-order valence-electron chi connectivity index (χ0n) is 18.9. The number of thioether (sulfide) groups is 1. The van der Waals surface area contributed by atoms with Gasteiger partial charge in [-0.3, -0.25) is 10.2 Å². The molecule has 3 aromatic rings. The van der Waals surface area contributed by atoms with Crippen molar-refractivity contribution in [3.05, 3.63) is 88.7 Å². The molecule has 2 aromatic carbocycles. The Labute approximate surface area is 205 Å². The molecular formula is C26H20N4O4S. The number of hydrogen-bond donors (Lipinski definition) is 1. The summed E-state index contributed by atoms with van der Waals surface area (Å²) in [6.45, 7) is 4.07. The van der Waals surface area contributed by atoms with E-state index in [2.05, 4.69) is 10.1 Å². The van der Waals surface area contributed by atoms with Crippen molar-refractivity contribution in [2.75, 3.05) is 6.61 Å². The summed E-state index contributed by atoms with van der Waals surface area (Å²) < 4.78 is 10.9. The van der Waals surface area contributed by atoms with Crippen molar-refractivity contribution in [3.8, 4) is 11.3 Å². The van der Waals surface area contributed by atoms with Crippen molar-refractivity contribution in [2.45, 2.75) is 13.8 Å². The minimum absolute atomic E-state index is 0.0636. The van der Waals surface area contributed by atoms with E-state index in [4.69, 9.17) is 14.6 Å². The third kappa shape index (κ3) is 4.45. The molecule has 1 N–H and O–H groups in total. The van der Waals surface area contributed by atoms with Crippen molar-refractivity contribution < 1.29 is 18.7 Å². The van der Waals surface area contributed by atoms with Gasteiger partial charge in [-0.05, 0) is 56.0 Å². The molecule has 35 heavy (non-hydrogen) atoms. The van der Waals surface area contributed by atoms with E-state index in [1.807, 2.05) is 31.2 Å². The van der Waals surface area contributed by atoms with Crippen LogP contribution < -0.4 is 0 Å². The van der Waals surface area contributed by atoms with E-state index in [0.717, 1.165) is 16.7 Å². The number of esters is 1. The molecule has 9 heteroatoms. The molecule has 2 aliphatic rings. The number of benzene rings is 2. The number of hydrogen-bond acceptors (Lipinski definition) is 7. The molecule has 0 atom stereocenters. The Bertz CT molecular complexity index is 1430. The van der Waals surface area contributed by atoms with Gasteiger partial charge in [0.15, 0.2) is 5.84 Å². The molecule has 0 saturated carbocycles. The molecule has 0 saturated heterocycles. The lowest BCUT2D eigenvalue weighted by Crippen LogP contribution is -2.35. The molecule has 0 spiro atoms. The lowest BCUT2D eigenvalue weighted by Gasteiger charge is -2.19. The second-order valence-corrected chi connectivity index (χ2v) is 8.75. The van der Waals surface area contributed by atoms with Crippen molar-refractivity contribution in [1.29, 1.82) is 5.41 Å². The maximum Gasteiger partial charge on any atom is 0.338 e. The zero-order chi connectivity index (χ0) is 24.5. The summed E-state index contributed by atoms with van der Waals surface area (Å²) in [6, 6.07) is 18.2. The Morgan fingerprint density at radius 3 is 2.51 bits per heavy atom. The van der Waals surface area contributed by atoms with E-state index in [0.29, 0.717) is 33.9 Å². The first-order chi connectivity index (χ1) is 16.9. The van der Waals surface area contributed by atoms with Gasteiger partial charge in [-0.15, -0.1) is 0 Å². The van der Waals surface area contributed by atoms with Crippen LogP contribution >= 0.6 is 11.8 Å². The summed E-state index contributed by atoms with van der Waals surface area (Å²) in [7, 11) is 0. The molecule has 2 aliphatic heterocycles. The Hall–Kier alpha value is -4.24. The average molecular weight is 485 g/mol. The van der Waals surface area contributed by atoms with Gasteiger partial charge in [-0.2, -0.15) is 15.1 Å². The normalized spacial score (nSPS) is 16.3. The van der Waals surface area contributed by atoms with Crippen LogP contribution in [0.1, 0.15) is 34.2 Å². The van der Waals surface area contributed by atoms with Gasteiger partial charge in [0.2, 0.25) is 5.17 Å². The monoisotopic (exact) mass is 484 g/mol. The number of ether oxygens (including phenoxy) is 1. The molecule has 0 fully saturated rings. The maximum atomic E-state index is 12.7. The number of carbonyl (C=O) groups excluding carboxylic acids is 2. The van der Waals surface area contributed by atoms with Crippen LogP contribution in [0.4, 0.5) is 0 Å². The number of furan rings is 1. The maximum absolute atomic E-state index is 12.7. The summed E-state index contributed by atoms with van der Waals surface area (Å²) in [5, 5.41) is 15.5. The van der Waals surface area contributed by atoms with Crippen molar-refractivity contribution >= 4 is 45.8 Å². The highest BCUT2D eigenvalue weighted by Crippen LogP contribution is 2.31. The van der Waals surface area contributed by atoms with E-state index < -0.39 is 5.91 Å². The highest BCUT2D eigenvalue weighted by molar-refractivity contribution is 8.27. The van der Waals surface area contributed by atoms with E-state index in [9.17, 15) is 9.59 Å². The van der Waals surface area contributed by atoms with Crippen molar-refractivity contribution in [1.82, 2.24) is 5.01 Å². The fourth-order valence-electron chi connectivity index (χ4n) is 3.52. The second-order valence-electron chi connectivity index (χ2n) is 7.79. The van der Waals surface area contributed by atoms with E-state index in [1.54, 1.807) is 43.3 Å². The van der Waals surface area contributed by atoms with E-state index in [1.165, 1.54) is 22.8 Å². The number of aryl methyl sites for hydroxylation is 1. The molecule has 1 aromatic heterocycles. The van der Waals surface area contributed by atoms with Crippen molar-refractivity contribution in [3.63, 3.8) is 0 Å². The van der Waals surface area contributed by atoms with Crippen LogP contribution in [0.25, 0.3) is 17.4 Å². The highest BCUT2D eigenvalue weighted by atomic mass is 32.2. The second kappa shape index (κ2) is 9.19. The Morgan fingerprint density at radius 2 is 1.80 bits per heavy atom. The van der Waals surface area contributed by atoms with Gasteiger partial charge in [0.25, 0.3) is 5.91 Å². The van der Waals surface area contributed by atoms with Crippen LogP contribution in [0.15, 0.2) is 80.7 Å². The smallest absolute Gasteiger partial charge is 0.338 e. The number of rotatable bonds is 5. The number of nitrogens with zero attached hydrogens (tertiary/aromatic N) is 3. The fourth-order valence-corrected chi connectivity index (χ4v) is 4.41. The first kappa shape index (κ1) is 22.5. The lowest BCUT2D eigenvalue weighted by molar-refractivity contribution is -0.114. The number of carbonyl (C=O) groups is 2. The molecule has 0 aliphatic carbocycles. The molecule has 0 radical (unpaired) electrons. The lowest BCUT2D eigenvalue weighted by atomic mass is 10.1. The number of hydrazone groups is 1. The van der Waals surface area contributed by atoms with Gasteiger partial charge in [-0.25, -0.2) is 4.79 Å². The van der Waals surface area contributed by atoms with E-state index >= 15 is 0 Å². The van der Waals surface area contributed by atoms with Crippen LogP contribution in [-0.4, -0.2) is 39.5 Å². The van der Waals surface area contributed by atoms with Gasteiger partial charge < -0.3 is 9.15 Å². The first-order valence-corrected chi connectivity index (χ1v) is 11.7. The van der Waals surface area contributed by atoms with Crippen LogP contribution in [0.3, 0.4) is 0 Å².